The van der Waals surface area contributed by atoms with Crippen molar-refractivity contribution in [1.82, 2.24) is 14.9 Å². The number of hydrogen-bond donors (Lipinski definition) is 1. The minimum absolute atomic E-state index is 0.469. The summed E-state index contributed by atoms with van der Waals surface area (Å²) < 4.78 is 2.09. The maximum atomic E-state index is 5.22. The second kappa shape index (κ2) is 5.63. The number of benzene rings is 2. The molecule has 3 rings (SSSR count). The predicted molar refractivity (Wildman–Crippen MR) is 82.3 cm³/mol. The summed E-state index contributed by atoms with van der Waals surface area (Å²) in [5, 5.41) is 11.4. The van der Waals surface area contributed by atoms with Crippen molar-refractivity contribution in [2.45, 2.75) is 0 Å². The molecule has 0 aliphatic rings. The summed E-state index contributed by atoms with van der Waals surface area (Å²) in [6.45, 7) is 0. The lowest BCUT2D eigenvalue weighted by Crippen LogP contribution is -1.94. The first-order valence-corrected chi connectivity index (χ1v) is 6.58. The quantitative estimate of drug-likeness (QED) is 0.589. The molecule has 0 aliphatic carbocycles. The van der Waals surface area contributed by atoms with Gasteiger partial charge in [-0.1, -0.05) is 60.7 Å². The smallest absolute Gasteiger partial charge is 0.216 e. The summed E-state index contributed by atoms with van der Waals surface area (Å²) >= 11 is 5.22. The van der Waals surface area contributed by atoms with E-state index < -0.39 is 0 Å². The summed E-state index contributed by atoms with van der Waals surface area (Å²) in [7, 11) is 0. The highest BCUT2D eigenvalue weighted by molar-refractivity contribution is 7.71. The molecule has 98 valence electrons. The Morgan fingerprint density at radius 2 is 1.65 bits per heavy atom. The van der Waals surface area contributed by atoms with Crippen LogP contribution in [0.4, 0.5) is 0 Å². The molecule has 0 atom stereocenters. The molecule has 0 fully saturated rings. The van der Waals surface area contributed by atoms with Gasteiger partial charge in [0, 0.05) is 5.56 Å². The number of aromatic nitrogens is 3. The Kier molecular flexibility index (Phi) is 3.52. The molecular weight excluding hydrogens is 268 g/mol. The van der Waals surface area contributed by atoms with Gasteiger partial charge in [-0.05, 0) is 17.8 Å². The SMILES string of the molecule is S=c1[nH]nc(-c2ccccc2)n1N=Cc1ccccc1. The number of rotatable bonds is 3. The van der Waals surface area contributed by atoms with Crippen molar-refractivity contribution >= 4 is 18.4 Å². The predicted octanol–water partition coefficient (Wildman–Crippen LogP) is 3.49. The molecular formula is C15H12N4S. The molecule has 0 saturated heterocycles. The Morgan fingerprint density at radius 3 is 2.35 bits per heavy atom. The van der Waals surface area contributed by atoms with Gasteiger partial charge in [0.15, 0.2) is 5.82 Å². The van der Waals surface area contributed by atoms with E-state index in [0.29, 0.717) is 10.6 Å². The zero-order chi connectivity index (χ0) is 13.8. The highest BCUT2D eigenvalue weighted by atomic mass is 32.1. The van der Waals surface area contributed by atoms with Crippen molar-refractivity contribution in [3.63, 3.8) is 0 Å². The van der Waals surface area contributed by atoms with E-state index in [1.165, 1.54) is 0 Å². The van der Waals surface area contributed by atoms with Crippen LogP contribution in [0.1, 0.15) is 5.56 Å². The first-order valence-electron chi connectivity index (χ1n) is 6.17. The van der Waals surface area contributed by atoms with Crippen molar-refractivity contribution in [2.24, 2.45) is 5.10 Å². The van der Waals surface area contributed by atoms with E-state index in [9.17, 15) is 0 Å². The maximum absolute atomic E-state index is 5.22. The van der Waals surface area contributed by atoms with Crippen LogP contribution in [0.2, 0.25) is 0 Å². The molecule has 5 heteroatoms. The maximum Gasteiger partial charge on any atom is 0.216 e. The van der Waals surface area contributed by atoms with Crippen molar-refractivity contribution < 1.29 is 0 Å². The summed E-state index contributed by atoms with van der Waals surface area (Å²) in [5.41, 5.74) is 1.97. The number of nitrogens with zero attached hydrogens (tertiary/aromatic N) is 3. The second-order valence-corrected chi connectivity index (χ2v) is 4.57. The Bertz CT molecular complexity index is 772. The molecule has 1 aromatic heterocycles. The van der Waals surface area contributed by atoms with Gasteiger partial charge in [0.2, 0.25) is 4.77 Å². The monoisotopic (exact) mass is 280 g/mol. The van der Waals surface area contributed by atoms with Crippen LogP contribution in [-0.2, 0) is 0 Å². The lowest BCUT2D eigenvalue weighted by atomic mass is 10.2. The fourth-order valence-electron chi connectivity index (χ4n) is 1.84. The minimum atomic E-state index is 0.469. The highest BCUT2D eigenvalue weighted by Gasteiger charge is 2.06. The summed E-state index contributed by atoms with van der Waals surface area (Å²) in [6.07, 6.45) is 1.76. The first-order chi connectivity index (χ1) is 9.84. The average Bonchev–Trinajstić information content (AvgIpc) is 2.88. The van der Waals surface area contributed by atoms with Gasteiger partial charge in [0.25, 0.3) is 0 Å². The molecule has 0 amide bonds. The van der Waals surface area contributed by atoms with Crippen molar-refractivity contribution in [1.29, 1.82) is 0 Å². The van der Waals surface area contributed by atoms with E-state index in [-0.39, 0.29) is 0 Å². The molecule has 4 nitrogen and oxygen atoms in total. The molecule has 20 heavy (non-hydrogen) atoms. The van der Waals surface area contributed by atoms with Crippen LogP contribution in [-0.4, -0.2) is 21.1 Å². The first kappa shape index (κ1) is 12.5. The summed E-state index contributed by atoms with van der Waals surface area (Å²) in [4.78, 5) is 0. The van der Waals surface area contributed by atoms with E-state index in [1.807, 2.05) is 60.7 Å². The Morgan fingerprint density at radius 1 is 1.00 bits per heavy atom. The van der Waals surface area contributed by atoms with Crippen LogP contribution in [0.5, 0.6) is 0 Å². The molecule has 2 aromatic carbocycles. The highest BCUT2D eigenvalue weighted by Crippen LogP contribution is 2.16. The zero-order valence-electron chi connectivity index (χ0n) is 10.6. The Balaban J connectivity index is 2.01. The van der Waals surface area contributed by atoms with Crippen LogP contribution >= 0.6 is 12.2 Å². The number of aromatic amines is 1. The number of H-pyrrole nitrogens is 1. The van der Waals surface area contributed by atoms with Gasteiger partial charge in [-0.15, -0.1) is 0 Å². The molecule has 0 radical (unpaired) electrons. The van der Waals surface area contributed by atoms with Crippen LogP contribution in [0.3, 0.4) is 0 Å². The Hall–Kier alpha value is -2.53. The van der Waals surface area contributed by atoms with Gasteiger partial charge in [-0.3, -0.25) is 0 Å². The van der Waals surface area contributed by atoms with Crippen molar-refractivity contribution in [2.75, 3.05) is 0 Å². The summed E-state index contributed by atoms with van der Waals surface area (Å²) in [6, 6.07) is 19.7. The molecule has 3 aromatic rings. The van der Waals surface area contributed by atoms with Gasteiger partial charge in [-0.2, -0.15) is 14.9 Å². The third kappa shape index (κ3) is 2.57. The second-order valence-electron chi connectivity index (χ2n) is 4.19. The fraction of sp³-hybridized carbons (Fsp3) is 0. The Labute approximate surface area is 121 Å². The lowest BCUT2D eigenvalue weighted by Gasteiger charge is -2.00. The van der Waals surface area contributed by atoms with E-state index in [1.54, 1.807) is 10.9 Å². The van der Waals surface area contributed by atoms with Crippen LogP contribution < -0.4 is 0 Å². The molecule has 0 saturated carbocycles. The van der Waals surface area contributed by atoms with Gasteiger partial charge >= 0.3 is 0 Å². The third-order valence-corrected chi connectivity index (χ3v) is 3.07. The molecule has 1 heterocycles. The standard InChI is InChI=1S/C15H12N4S/c20-15-18-17-14(13-9-5-2-6-10-13)19(15)16-11-12-7-3-1-4-8-12/h1-11H,(H,18,20). The van der Waals surface area contributed by atoms with Gasteiger partial charge in [0.1, 0.15) is 0 Å². The van der Waals surface area contributed by atoms with E-state index in [4.69, 9.17) is 12.2 Å². The van der Waals surface area contributed by atoms with Gasteiger partial charge < -0.3 is 0 Å². The van der Waals surface area contributed by atoms with Crippen LogP contribution in [0, 0.1) is 4.77 Å². The molecule has 0 bridgehead atoms. The summed E-state index contributed by atoms with van der Waals surface area (Å²) in [5.74, 6) is 0.697. The topological polar surface area (TPSA) is 46.0 Å². The van der Waals surface area contributed by atoms with E-state index in [2.05, 4.69) is 15.3 Å². The number of nitrogens with one attached hydrogen (secondary N) is 1. The fourth-order valence-corrected chi connectivity index (χ4v) is 2.02. The molecule has 0 unspecified atom stereocenters. The molecule has 0 spiro atoms. The van der Waals surface area contributed by atoms with Crippen LogP contribution in [0.15, 0.2) is 65.8 Å². The minimum Gasteiger partial charge on any atom is -0.250 e. The third-order valence-electron chi connectivity index (χ3n) is 2.80. The van der Waals surface area contributed by atoms with Gasteiger partial charge in [-0.25, -0.2) is 5.10 Å². The largest absolute Gasteiger partial charge is 0.250 e. The van der Waals surface area contributed by atoms with Crippen molar-refractivity contribution in [3.05, 3.63) is 71.0 Å². The number of hydrogen-bond acceptors (Lipinski definition) is 3. The van der Waals surface area contributed by atoms with E-state index >= 15 is 0 Å². The molecule has 1 N–H and O–H groups in total. The van der Waals surface area contributed by atoms with Gasteiger partial charge in [0.05, 0.1) is 6.21 Å². The molecule has 0 aliphatic heterocycles. The normalized spacial score (nSPS) is 11.0. The van der Waals surface area contributed by atoms with Crippen molar-refractivity contribution in [3.8, 4) is 11.4 Å². The van der Waals surface area contributed by atoms with E-state index in [0.717, 1.165) is 11.1 Å². The zero-order valence-corrected chi connectivity index (χ0v) is 11.4. The van der Waals surface area contributed by atoms with Crippen LogP contribution in [0.25, 0.3) is 11.4 Å². The lowest BCUT2D eigenvalue weighted by molar-refractivity contribution is 0.871. The average molecular weight is 280 g/mol.